The first-order valence-electron chi connectivity index (χ1n) is 4.95. The third-order valence-corrected chi connectivity index (χ3v) is 2.06. The highest BCUT2D eigenvalue weighted by atomic mass is 32.1. The van der Waals surface area contributed by atoms with Crippen LogP contribution in [-0.4, -0.2) is 22.8 Å². The van der Waals surface area contributed by atoms with Crippen LogP contribution in [0.25, 0.3) is 0 Å². The van der Waals surface area contributed by atoms with E-state index in [9.17, 15) is 10.1 Å². The minimum atomic E-state index is -0.445. The number of hydrogen-bond donors (Lipinski definition) is 2. The van der Waals surface area contributed by atoms with Gasteiger partial charge < -0.3 is 5.32 Å². The summed E-state index contributed by atoms with van der Waals surface area (Å²) in [5.74, 6) is 0. The van der Waals surface area contributed by atoms with Crippen LogP contribution in [-0.2, 0) is 0 Å². The zero-order chi connectivity index (χ0) is 12.7. The molecular formula is C10H12N4O2S. The molecule has 0 aliphatic rings. The lowest BCUT2D eigenvalue weighted by molar-refractivity contribution is -0.384. The van der Waals surface area contributed by atoms with Crippen molar-refractivity contribution in [1.29, 1.82) is 0 Å². The molecule has 0 aromatic heterocycles. The van der Waals surface area contributed by atoms with Crippen molar-refractivity contribution < 1.29 is 4.92 Å². The maximum Gasteiger partial charge on any atom is 0.269 e. The Kier molecular flexibility index (Phi) is 5.02. The molecule has 0 spiro atoms. The lowest BCUT2D eigenvalue weighted by Gasteiger charge is -2.02. The Hall–Kier alpha value is -2.02. The first kappa shape index (κ1) is 13.0. The monoisotopic (exact) mass is 252 g/mol. The van der Waals surface area contributed by atoms with Crippen LogP contribution in [0.5, 0.6) is 0 Å². The lowest BCUT2D eigenvalue weighted by atomic mass is 10.2. The third-order valence-electron chi connectivity index (χ3n) is 1.82. The van der Waals surface area contributed by atoms with Gasteiger partial charge in [-0.05, 0) is 36.8 Å². The van der Waals surface area contributed by atoms with Gasteiger partial charge in [0.2, 0.25) is 0 Å². The molecule has 1 rings (SSSR count). The minimum Gasteiger partial charge on any atom is -0.362 e. The van der Waals surface area contributed by atoms with Gasteiger partial charge in [-0.1, -0.05) is 0 Å². The summed E-state index contributed by atoms with van der Waals surface area (Å²) in [7, 11) is 0. The number of nitrogens with zero attached hydrogens (tertiary/aromatic N) is 2. The van der Waals surface area contributed by atoms with E-state index in [1.807, 2.05) is 6.92 Å². The van der Waals surface area contributed by atoms with E-state index < -0.39 is 4.92 Å². The normalized spacial score (nSPS) is 10.2. The van der Waals surface area contributed by atoms with E-state index in [0.29, 0.717) is 5.11 Å². The van der Waals surface area contributed by atoms with Gasteiger partial charge in [-0.3, -0.25) is 15.5 Å². The van der Waals surface area contributed by atoms with Crippen LogP contribution in [0.15, 0.2) is 29.4 Å². The van der Waals surface area contributed by atoms with Gasteiger partial charge in [-0.2, -0.15) is 5.10 Å². The SMILES string of the molecule is CCNC(=S)N/N=C/c1ccc([N+](=O)[O-])cc1. The molecule has 0 amide bonds. The molecule has 1 aromatic rings. The second-order valence-electron chi connectivity index (χ2n) is 3.08. The average molecular weight is 252 g/mol. The molecule has 0 atom stereocenters. The van der Waals surface area contributed by atoms with E-state index >= 15 is 0 Å². The number of benzene rings is 1. The Morgan fingerprint density at radius 2 is 2.18 bits per heavy atom. The first-order valence-corrected chi connectivity index (χ1v) is 5.35. The van der Waals surface area contributed by atoms with Crippen molar-refractivity contribution in [1.82, 2.24) is 10.7 Å². The standard InChI is InChI=1S/C10H12N4O2S/c1-2-11-10(17)13-12-7-8-3-5-9(6-4-8)14(15)16/h3-7H,2H2,1H3,(H2,11,13,17)/b12-7+. The molecule has 1 aromatic carbocycles. The van der Waals surface area contributed by atoms with Gasteiger partial charge >= 0.3 is 0 Å². The summed E-state index contributed by atoms with van der Waals surface area (Å²) in [5.41, 5.74) is 3.43. The molecule has 7 heteroatoms. The Bertz CT molecular complexity index is 430. The van der Waals surface area contributed by atoms with Crippen LogP contribution in [0.3, 0.4) is 0 Å². The van der Waals surface area contributed by atoms with E-state index in [4.69, 9.17) is 12.2 Å². The van der Waals surface area contributed by atoms with E-state index in [0.717, 1.165) is 12.1 Å². The molecule has 0 unspecified atom stereocenters. The highest BCUT2D eigenvalue weighted by Gasteiger charge is 2.02. The van der Waals surface area contributed by atoms with Gasteiger partial charge in [0.15, 0.2) is 5.11 Å². The largest absolute Gasteiger partial charge is 0.362 e. The van der Waals surface area contributed by atoms with Crippen molar-refractivity contribution in [2.45, 2.75) is 6.92 Å². The fourth-order valence-corrected chi connectivity index (χ4v) is 1.24. The number of nitro groups is 1. The molecule has 0 aliphatic carbocycles. The maximum atomic E-state index is 10.4. The number of thiocarbonyl (C=S) groups is 1. The molecular weight excluding hydrogens is 240 g/mol. The zero-order valence-electron chi connectivity index (χ0n) is 9.21. The fraction of sp³-hybridized carbons (Fsp3) is 0.200. The Morgan fingerprint density at radius 1 is 1.53 bits per heavy atom. The van der Waals surface area contributed by atoms with Crippen LogP contribution >= 0.6 is 12.2 Å². The quantitative estimate of drug-likeness (QED) is 0.366. The summed E-state index contributed by atoms with van der Waals surface area (Å²) in [5, 5.41) is 17.6. The van der Waals surface area contributed by atoms with Crippen LogP contribution in [0.2, 0.25) is 0 Å². The number of nitrogens with one attached hydrogen (secondary N) is 2. The van der Waals surface area contributed by atoms with Crippen LogP contribution in [0.1, 0.15) is 12.5 Å². The van der Waals surface area contributed by atoms with Crippen molar-refractivity contribution in [3.63, 3.8) is 0 Å². The summed E-state index contributed by atoms with van der Waals surface area (Å²) in [6, 6.07) is 6.06. The molecule has 90 valence electrons. The highest BCUT2D eigenvalue weighted by molar-refractivity contribution is 7.80. The topological polar surface area (TPSA) is 79.6 Å². The molecule has 0 saturated carbocycles. The second-order valence-corrected chi connectivity index (χ2v) is 3.49. The predicted octanol–water partition coefficient (Wildman–Crippen LogP) is 1.41. The molecule has 0 aliphatic heterocycles. The highest BCUT2D eigenvalue weighted by Crippen LogP contribution is 2.10. The van der Waals surface area contributed by atoms with Gasteiger partial charge in [0, 0.05) is 18.7 Å². The summed E-state index contributed by atoms with van der Waals surface area (Å²) in [4.78, 5) is 9.98. The summed E-state index contributed by atoms with van der Waals surface area (Å²) >= 11 is 4.90. The maximum absolute atomic E-state index is 10.4. The van der Waals surface area contributed by atoms with Crippen molar-refractivity contribution in [2.75, 3.05) is 6.54 Å². The van der Waals surface area contributed by atoms with Crippen LogP contribution < -0.4 is 10.7 Å². The molecule has 0 bridgehead atoms. The number of hydrazone groups is 1. The Balaban J connectivity index is 2.54. The van der Waals surface area contributed by atoms with Gasteiger partial charge in [-0.25, -0.2) is 0 Å². The molecule has 0 radical (unpaired) electrons. The first-order chi connectivity index (χ1) is 8.13. The number of nitro benzene ring substituents is 1. The molecule has 6 nitrogen and oxygen atoms in total. The Labute approximate surface area is 104 Å². The van der Waals surface area contributed by atoms with Gasteiger partial charge in [-0.15, -0.1) is 0 Å². The van der Waals surface area contributed by atoms with Gasteiger partial charge in [0.1, 0.15) is 0 Å². The number of hydrogen-bond acceptors (Lipinski definition) is 4. The van der Waals surface area contributed by atoms with E-state index in [1.54, 1.807) is 12.1 Å². The lowest BCUT2D eigenvalue weighted by Crippen LogP contribution is -2.31. The smallest absolute Gasteiger partial charge is 0.269 e. The van der Waals surface area contributed by atoms with Crippen molar-refractivity contribution in [3.05, 3.63) is 39.9 Å². The van der Waals surface area contributed by atoms with Gasteiger partial charge in [0.05, 0.1) is 11.1 Å². The third kappa shape index (κ3) is 4.56. The molecule has 0 heterocycles. The Morgan fingerprint density at radius 3 is 2.71 bits per heavy atom. The number of non-ortho nitro benzene ring substituents is 1. The minimum absolute atomic E-state index is 0.0540. The van der Waals surface area contributed by atoms with Crippen LogP contribution in [0.4, 0.5) is 5.69 Å². The van der Waals surface area contributed by atoms with E-state index in [1.165, 1.54) is 18.3 Å². The van der Waals surface area contributed by atoms with Crippen molar-refractivity contribution in [3.8, 4) is 0 Å². The van der Waals surface area contributed by atoms with Gasteiger partial charge in [0.25, 0.3) is 5.69 Å². The summed E-state index contributed by atoms with van der Waals surface area (Å²) in [6.45, 7) is 2.65. The van der Waals surface area contributed by atoms with Crippen LogP contribution in [0, 0.1) is 10.1 Å². The molecule has 2 N–H and O–H groups in total. The predicted molar refractivity (Wildman–Crippen MR) is 70.1 cm³/mol. The zero-order valence-corrected chi connectivity index (χ0v) is 10.0. The van der Waals surface area contributed by atoms with Crippen molar-refractivity contribution in [2.24, 2.45) is 5.10 Å². The molecule has 0 fully saturated rings. The van der Waals surface area contributed by atoms with Crippen molar-refractivity contribution >= 4 is 29.2 Å². The summed E-state index contributed by atoms with van der Waals surface area (Å²) in [6.07, 6.45) is 1.54. The fourth-order valence-electron chi connectivity index (χ4n) is 1.05. The molecule has 17 heavy (non-hydrogen) atoms. The van der Waals surface area contributed by atoms with E-state index in [2.05, 4.69) is 15.8 Å². The number of rotatable bonds is 4. The average Bonchev–Trinajstić information content (AvgIpc) is 2.30. The van der Waals surface area contributed by atoms with E-state index in [-0.39, 0.29) is 5.69 Å². The summed E-state index contributed by atoms with van der Waals surface area (Å²) < 4.78 is 0. The molecule has 0 saturated heterocycles. The second kappa shape index (κ2) is 6.54.